The molecule has 0 bridgehead atoms. The summed E-state index contributed by atoms with van der Waals surface area (Å²) in [4.78, 5) is 19.0. The summed E-state index contributed by atoms with van der Waals surface area (Å²) in [6.07, 6.45) is 0. The normalized spacial score (nSPS) is 8.69. The molecule has 0 aliphatic carbocycles. The van der Waals surface area contributed by atoms with Gasteiger partial charge in [0, 0.05) is 19.7 Å². The van der Waals surface area contributed by atoms with Crippen molar-refractivity contribution in [1.29, 1.82) is 0 Å². The van der Waals surface area contributed by atoms with Crippen molar-refractivity contribution < 1.29 is 78.0 Å². The minimum absolute atomic E-state index is 0. The molecule has 0 aromatic heterocycles. The Bertz CT molecular complexity index is 121. The first-order chi connectivity index (χ1) is 4.97. The number of phosphoric ester groups is 1. The molecular weight excluding hydrogens is 217 g/mol. The number of hydrogen-bond acceptors (Lipinski definition) is 6. The van der Waals surface area contributed by atoms with Gasteiger partial charge < -0.3 is 30.3 Å². The van der Waals surface area contributed by atoms with Gasteiger partial charge in [0.2, 0.25) is 0 Å². The van der Waals surface area contributed by atoms with Crippen molar-refractivity contribution in [2.45, 2.75) is 6.92 Å². The number of rotatable bonds is 3. The van der Waals surface area contributed by atoms with E-state index in [1.807, 2.05) is 0 Å². The van der Waals surface area contributed by atoms with Crippen LogP contribution in [0.5, 0.6) is 0 Å². The summed E-state index contributed by atoms with van der Waals surface area (Å²) in [6, 6.07) is 0. The van der Waals surface area contributed by atoms with Crippen LogP contribution in [-0.4, -0.2) is 19.7 Å². The maximum absolute atomic E-state index is 9.48. The average Bonchev–Trinajstić information content (AvgIpc) is 1.86. The molecule has 6 nitrogen and oxygen atoms in total. The summed E-state index contributed by atoms with van der Waals surface area (Å²) in [5.74, 6) is 0. The van der Waals surface area contributed by atoms with Crippen LogP contribution in [0, 0.1) is 0 Å². The minimum Gasteiger partial charge on any atom is -0.790 e. The number of hydrogen-bond donors (Lipinski definition) is 2. The van der Waals surface area contributed by atoms with Crippen molar-refractivity contribution in [3.05, 3.63) is 0 Å². The Balaban J connectivity index is -0.0000000600. The standard InChI is InChI=1S/C2H8N2.C2H7O4P.2Na/c3-1-2-4;1-2-6-7(3,4)5;;/h1-4H2;2H2,1H3,(H2,3,4,5);;/q;;2*+1/p-2. The second kappa shape index (κ2) is 16.5. The van der Waals surface area contributed by atoms with Crippen LogP contribution in [-0.2, 0) is 9.09 Å². The van der Waals surface area contributed by atoms with E-state index in [1.165, 1.54) is 6.92 Å². The van der Waals surface area contributed by atoms with Crippen molar-refractivity contribution in [2.75, 3.05) is 19.7 Å². The van der Waals surface area contributed by atoms with Gasteiger partial charge in [0.05, 0.1) is 7.82 Å². The van der Waals surface area contributed by atoms with Crippen LogP contribution in [0.15, 0.2) is 0 Å². The Morgan fingerprint density at radius 1 is 1.23 bits per heavy atom. The fourth-order valence-corrected chi connectivity index (χ4v) is 0.474. The molecule has 0 saturated carbocycles. The summed E-state index contributed by atoms with van der Waals surface area (Å²) in [7, 11) is -4.67. The SMILES string of the molecule is CCOP(=O)([O-])[O-].NCCN.[Na+].[Na+]. The van der Waals surface area contributed by atoms with Gasteiger partial charge in [-0.25, -0.2) is 0 Å². The van der Waals surface area contributed by atoms with E-state index in [-0.39, 0.29) is 65.7 Å². The van der Waals surface area contributed by atoms with Crippen LogP contribution in [0.2, 0.25) is 0 Å². The van der Waals surface area contributed by atoms with Gasteiger partial charge in [0.25, 0.3) is 0 Å². The summed E-state index contributed by atoms with van der Waals surface area (Å²) >= 11 is 0. The zero-order valence-corrected chi connectivity index (χ0v) is 13.3. The van der Waals surface area contributed by atoms with Gasteiger partial charge in [-0.15, -0.1) is 0 Å². The molecule has 9 heteroatoms. The van der Waals surface area contributed by atoms with Crippen molar-refractivity contribution in [3.63, 3.8) is 0 Å². The van der Waals surface area contributed by atoms with E-state index in [9.17, 15) is 14.4 Å². The Labute approximate surface area is 123 Å². The van der Waals surface area contributed by atoms with Gasteiger partial charge >= 0.3 is 59.1 Å². The average molecular weight is 230 g/mol. The second-order valence-electron chi connectivity index (χ2n) is 1.44. The Morgan fingerprint density at radius 3 is 1.54 bits per heavy atom. The largest absolute Gasteiger partial charge is 1.00 e. The molecule has 0 aromatic rings. The van der Waals surface area contributed by atoms with Crippen LogP contribution >= 0.6 is 7.82 Å². The van der Waals surface area contributed by atoms with E-state index in [0.717, 1.165) is 0 Å². The van der Waals surface area contributed by atoms with Crippen molar-refractivity contribution >= 4 is 7.82 Å². The first kappa shape index (κ1) is 24.3. The molecule has 4 N–H and O–H groups in total. The quantitative estimate of drug-likeness (QED) is 0.366. The van der Waals surface area contributed by atoms with Gasteiger partial charge in [0.15, 0.2) is 0 Å². The van der Waals surface area contributed by atoms with Crippen LogP contribution in [0.3, 0.4) is 0 Å². The van der Waals surface area contributed by atoms with Gasteiger partial charge in [-0.2, -0.15) is 0 Å². The van der Waals surface area contributed by atoms with Crippen molar-refractivity contribution in [3.8, 4) is 0 Å². The monoisotopic (exact) mass is 230 g/mol. The van der Waals surface area contributed by atoms with Crippen molar-refractivity contribution in [1.82, 2.24) is 0 Å². The fourth-order valence-electron chi connectivity index (χ4n) is 0.158. The molecule has 0 aliphatic rings. The molecule has 0 aliphatic heterocycles. The molecule has 0 spiro atoms. The third kappa shape index (κ3) is 41.1. The predicted octanol–water partition coefficient (Wildman–Crippen LogP) is -8.24. The minimum atomic E-state index is -4.67. The van der Waals surface area contributed by atoms with Crippen LogP contribution in [0.25, 0.3) is 0 Å². The summed E-state index contributed by atoms with van der Waals surface area (Å²) in [5, 5.41) is 0. The number of phosphoric acid groups is 1. The van der Waals surface area contributed by atoms with E-state index in [4.69, 9.17) is 11.5 Å². The van der Waals surface area contributed by atoms with Crippen LogP contribution in [0.4, 0.5) is 0 Å². The third-order valence-electron chi connectivity index (χ3n) is 0.454. The van der Waals surface area contributed by atoms with E-state index in [1.54, 1.807) is 0 Å². The predicted molar refractivity (Wildman–Crippen MR) is 37.3 cm³/mol. The van der Waals surface area contributed by atoms with E-state index in [2.05, 4.69) is 4.52 Å². The fraction of sp³-hybridized carbons (Fsp3) is 1.00. The first-order valence-electron chi connectivity index (χ1n) is 3.04. The topological polar surface area (TPSA) is 124 Å². The summed E-state index contributed by atoms with van der Waals surface area (Å²) < 4.78 is 13.2. The molecule has 0 radical (unpaired) electrons. The molecule has 13 heavy (non-hydrogen) atoms. The van der Waals surface area contributed by atoms with Crippen LogP contribution in [0.1, 0.15) is 6.92 Å². The van der Waals surface area contributed by atoms with E-state index in [0.29, 0.717) is 13.1 Å². The molecule has 0 saturated heterocycles. The Hall–Kier alpha value is 2.03. The zero-order valence-electron chi connectivity index (χ0n) is 8.36. The molecular formula is C4H13N2Na2O4P. The molecule has 0 unspecified atom stereocenters. The third-order valence-corrected chi connectivity index (χ3v) is 1.03. The Kier molecular flexibility index (Phi) is 30.8. The molecule has 0 amide bonds. The second-order valence-corrected chi connectivity index (χ2v) is 2.59. The van der Waals surface area contributed by atoms with Crippen molar-refractivity contribution in [2.24, 2.45) is 11.5 Å². The Morgan fingerprint density at radius 2 is 1.54 bits per heavy atom. The smallest absolute Gasteiger partial charge is 0.790 e. The molecule has 0 heterocycles. The maximum atomic E-state index is 9.48. The maximum Gasteiger partial charge on any atom is 1.00 e. The first-order valence-corrected chi connectivity index (χ1v) is 4.50. The van der Waals surface area contributed by atoms with Gasteiger partial charge in [0.1, 0.15) is 0 Å². The van der Waals surface area contributed by atoms with Gasteiger partial charge in [-0.3, -0.25) is 0 Å². The van der Waals surface area contributed by atoms with Gasteiger partial charge in [-0.05, 0) is 6.92 Å². The van der Waals surface area contributed by atoms with E-state index >= 15 is 0 Å². The molecule has 70 valence electrons. The van der Waals surface area contributed by atoms with Gasteiger partial charge in [-0.1, -0.05) is 0 Å². The molecule has 0 atom stereocenters. The number of nitrogens with two attached hydrogens (primary N) is 2. The summed E-state index contributed by atoms with van der Waals surface area (Å²) in [6.45, 7) is 2.55. The summed E-state index contributed by atoms with van der Waals surface area (Å²) in [5.41, 5.74) is 9.81. The van der Waals surface area contributed by atoms with Crippen LogP contribution < -0.4 is 80.4 Å². The molecule has 0 fully saturated rings. The van der Waals surface area contributed by atoms with E-state index < -0.39 is 7.82 Å². The zero-order chi connectivity index (χ0) is 9.33. The molecule has 0 rings (SSSR count). The molecule has 0 aromatic carbocycles.